The van der Waals surface area contributed by atoms with E-state index in [2.05, 4.69) is 4.98 Å². The van der Waals surface area contributed by atoms with Gasteiger partial charge in [-0.25, -0.2) is 22.5 Å². The third-order valence-corrected chi connectivity index (χ3v) is 8.07. The van der Waals surface area contributed by atoms with Crippen LogP contribution in [0.25, 0.3) is 10.6 Å². The van der Waals surface area contributed by atoms with E-state index >= 15 is 0 Å². The Labute approximate surface area is 193 Å². The highest BCUT2D eigenvalue weighted by Gasteiger charge is 2.31. The largest absolute Gasteiger partial charge is 0.478 e. The molecular formula is C22H21F3N2O4S2. The number of carboxylic acid groups (broad SMARTS) is 1. The molecule has 2 aromatic carbocycles. The zero-order chi connectivity index (χ0) is 24.7. The molecule has 176 valence electrons. The number of aryl methyl sites for hydroxylation is 2. The van der Waals surface area contributed by atoms with Gasteiger partial charge >= 0.3 is 12.1 Å². The van der Waals surface area contributed by atoms with Gasteiger partial charge in [0.05, 0.1) is 16.0 Å². The zero-order valence-corrected chi connectivity index (χ0v) is 19.8. The molecule has 0 unspecified atom stereocenters. The molecule has 11 heteroatoms. The maximum absolute atomic E-state index is 13.4. The molecule has 33 heavy (non-hydrogen) atoms. The number of aromatic carboxylic acids is 1. The predicted molar refractivity (Wildman–Crippen MR) is 120 cm³/mol. The molecule has 0 bridgehead atoms. The van der Waals surface area contributed by atoms with Crippen molar-refractivity contribution in [3.63, 3.8) is 0 Å². The first-order chi connectivity index (χ1) is 15.3. The Bertz CT molecular complexity index is 1310. The topological polar surface area (TPSA) is 87.6 Å². The molecule has 1 aromatic heterocycles. The van der Waals surface area contributed by atoms with Crippen molar-refractivity contribution in [2.45, 2.75) is 38.8 Å². The van der Waals surface area contributed by atoms with Gasteiger partial charge in [-0.2, -0.15) is 13.2 Å². The molecule has 0 amide bonds. The van der Waals surface area contributed by atoms with Gasteiger partial charge in [0.15, 0.2) is 5.82 Å². The second-order valence-corrected chi connectivity index (χ2v) is 10.4. The Kier molecular flexibility index (Phi) is 6.58. The van der Waals surface area contributed by atoms with Crippen molar-refractivity contribution in [3.05, 3.63) is 63.5 Å². The van der Waals surface area contributed by atoms with E-state index in [0.717, 1.165) is 33.8 Å². The number of alkyl halides is 3. The fraction of sp³-hybridized carbons (Fsp3) is 0.273. The SMILES string of the molecule is CCN(c1nc(-c2ccc(C(F)(F)F)cc2)sc1C)S(=O)(=O)c1cc(C)c(C)c(C(=O)O)c1. The van der Waals surface area contributed by atoms with Gasteiger partial charge < -0.3 is 5.11 Å². The Morgan fingerprint density at radius 3 is 2.24 bits per heavy atom. The molecule has 1 N–H and O–H groups in total. The standard InChI is InChI=1S/C22H21F3N2O4S2/c1-5-27(33(30,31)17-10-12(2)13(3)18(11-17)21(28)29)19-14(4)32-20(26-19)15-6-8-16(9-7-15)22(23,24)25/h6-11H,5H2,1-4H3,(H,28,29). The first-order valence-corrected chi connectivity index (χ1v) is 12.0. The van der Waals surface area contributed by atoms with E-state index < -0.39 is 27.7 Å². The molecule has 0 saturated heterocycles. The van der Waals surface area contributed by atoms with E-state index in [1.807, 2.05) is 0 Å². The summed E-state index contributed by atoms with van der Waals surface area (Å²) >= 11 is 1.16. The lowest BCUT2D eigenvalue weighted by atomic mass is 10.0. The molecule has 0 aliphatic rings. The highest BCUT2D eigenvalue weighted by atomic mass is 32.2. The van der Waals surface area contributed by atoms with Gasteiger partial charge in [-0.1, -0.05) is 12.1 Å². The summed E-state index contributed by atoms with van der Waals surface area (Å²) in [7, 11) is -4.15. The number of hydrogen-bond donors (Lipinski definition) is 1. The van der Waals surface area contributed by atoms with E-state index in [0.29, 0.717) is 26.6 Å². The zero-order valence-electron chi connectivity index (χ0n) is 18.2. The molecule has 0 atom stereocenters. The number of carbonyl (C=O) groups is 1. The second kappa shape index (κ2) is 8.79. The number of anilines is 1. The first-order valence-electron chi connectivity index (χ1n) is 9.79. The third kappa shape index (κ3) is 4.74. The molecular weight excluding hydrogens is 477 g/mol. The van der Waals surface area contributed by atoms with Crippen molar-refractivity contribution in [1.29, 1.82) is 0 Å². The number of carboxylic acids is 1. The van der Waals surface area contributed by atoms with Crippen LogP contribution in [-0.2, 0) is 16.2 Å². The van der Waals surface area contributed by atoms with Crippen molar-refractivity contribution in [2.75, 3.05) is 10.8 Å². The van der Waals surface area contributed by atoms with Gasteiger partial charge in [0, 0.05) is 17.0 Å². The van der Waals surface area contributed by atoms with Crippen LogP contribution in [-0.4, -0.2) is 31.0 Å². The summed E-state index contributed by atoms with van der Waals surface area (Å²) in [5.74, 6) is -1.09. The molecule has 6 nitrogen and oxygen atoms in total. The van der Waals surface area contributed by atoms with Crippen molar-refractivity contribution in [3.8, 4) is 10.6 Å². The summed E-state index contributed by atoms with van der Waals surface area (Å²) in [6, 6.07) is 7.01. The minimum atomic E-state index is -4.46. The highest BCUT2D eigenvalue weighted by Crippen LogP contribution is 2.37. The van der Waals surface area contributed by atoms with Crippen LogP contribution in [0.1, 0.15) is 38.8 Å². The van der Waals surface area contributed by atoms with E-state index in [-0.39, 0.29) is 22.8 Å². The van der Waals surface area contributed by atoms with Crippen LogP contribution >= 0.6 is 11.3 Å². The monoisotopic (exact) mass is 498 g/mol. The van der Waals surface area contributed by atoms with Gasteiger partial charge in [-0.05, 0) is 63.1 Å². The highest BCUT2D eigenvalue weighted by molar-refractivity contribution is 7.92. The summed E-state index contributed by atoms with van der Waals surface area (Å²) in [6.07, 6.45) is -4.46. The quantitative estimate of drug-likeness (QED) is 0.473. The van der Waals surface area contributed by atoms with Gasteiger partial charge in [-0.15, -0.1) is 11.3 Å². The van der Waals surface area contributed by atoms with Crippen LogP contribution in [0, 0.1) is 20.8 Å². The Morgan fingerprint density at radius 2 is 1.73 bits per heavy atom. The van der Waals surface area contributed by atoms with Gasteiger partial charge in [0.25, 0.3) is 10.0 Å². The summed E-state index contributed by atoms with van der Waals surface area (Å²) in [5.41, 5.74) is 0.519. The van der Waals surface area contributed by atoms with Crippen molar-refractivity contribution in [1.82, 2.24) is 4.98 Å². The average Bonchev–Trinajstić information content (AvgIpc) is 3.10. The first kappa shape index (κ1) is 24.7. The Balaban J connectivity index is 2.06. The molecule has 0 fully saturated rings. The fourth-order valence-electron chi connectivity index (χ4n) is 3.30. The Hall–Kier alpha value is -2.92. The van der Waals surface area contributed by atoms with E-state index in [9.17, 15) is 31.5 Å². The predicted octanol–water partition coefficient (Wildman–Crippen LogP) is 5.67. The maximum atomic E-state index is 13.4. The number of sulfonamides is 1. The van der Waals surface area contributed by atoms with Crippen molar-refractivity contribution in [2.24, 2.45) is 0 Å². The maximum Gasteiger partial charge on any atom is 0.416 e. The van der Waals surface area contributed by atoms with Crippen LogP contribution < -0.4 is 4.31 Å². The molecule has 1 heterocycles. The van der Waals surface area contributed by atoms with E-state index in [1.165, 1.54) is 18.2 Å². The lowest BCUT2D eigenvalue weighted by Gasteiger charge is -2.22. The molecule has 0 radical (unpaired) electrons. The van der Waals surface area contributed by atoms with Crippen LogP contribution in [0.3, 0.4) is 0 Å². The number of aromatic nitrogens is 1. The minimum absolute atomic E-state index is 0.0225. The third-order valence-electron chi connectivity index (χ3n) is 5.21. The summed E-state index contributed by atoms with van der Waals surface area (Å²) < 4.78 is 66.5. The van der Waals surface area contributed by atoms with Crippen LogP contribution in [0.5, 0.6) is 0 Å². The van der Waals surface area contributed by atoms with Gasteiger partial charge in [0.1, 0.15) is 5.01 Å². The number of benzene rings is 2. The lowest BCUT2D eigenvalue weighted by Crippen LogP contribution is -2.32. The smallest absolute Gasteiger partial charge is 0.416 e. The summed E-state index contributed by atoms with van der Waals surface area (Å²) in [5, 5.41) is 9.82. The number of nitrogens with zero attached hydrogens (tertiary/aromatic N) is 2. The van der Waals surface area contributed by atoms with E-state index in [4.69, 9.17) is 0 Å². The number of thiazole rings is 1. The molecule has 0 spiro atoms. The number of hydrogen-bond acceptors (Lipinski definition) is 5. The lowest BCUT2D eigenvalue weighted by molar-refractivity contribution is -0.137. The van der Waals surface area contributed by atoms with Crippen LogP contribution in [0.2, 0.25) is 0 Å². The molecule has 3 aromatic rings. The van der Waals surface area contributed by atoms with Gasteiger partial charge in [0.2, 0.25) is 0 Å². The average molecular weight is 499 g/mol. The van der Waals surface area contributed by atoms with E-state index in [1.54, 1.807) is 27.7 Å². The summed E-state index contributed by atoms with van der Waals surface area (Å²) in [4.78, 5) is 16.4. The minimum Gasteiger partial charge on any atom is -0.478 e. The van der Waals surface area contributed by atoms with Crippen LogP contribution in [0.15, 0.2) is 41.3 Å². The second-order valence-electron chi connectivity index (χ2n) is 7.36. The molecule has 0 aliphatic carbocycles. The number of rotatable bonds is 6. The molecule has 0 aliphatic heterocycles. The molecule has 3 rings (SSSR count). The Morgan fingerprint density at radius 1 is 1.12 bits per heavy atom. The van der Waals surface area contributed by atoms with Crippen LogP contribution in [0.4, 0.5) is 19.0 Å². The van der Waals surface area contributed by atoms with Crippen molar-refractivity contribution >= 4 is 33.1 Å². The summed E-state index contributed by atoms with van der Waals surface area (Å²) in [6.45, 7) is 6.55. The number of halogens is 3. The van der Waals surface area contributed by atoms with Crippen molar-refractivity contribution < 1.29 is 31.5 Å². The fourth-order valence-corrected chi connectivity index (χ4v) is 5.88. The van der Waals surface area contributed by atoms with Gasteiger partial charge in [-0.3, -0.25) is 0 Å². The normalized spacial score (nSPS) is 12.1. The molecule has 0 saturated carbocycles.